The first-order chi connectivity index (χ1) is 13.3. The third kappa shape index (κ3) is 3.51. The number of amides is 1. The van der Waals surface area contributed by atoms with Gasteiger partial charge in [-0.1, -0.05) is 5.16 Å². The average Bonchev–Trinajstić information content (AvgIpc) is 3.21. The molecule has 0 radical (unpaired) electrons. The van der Waals surface area contributed by atoms with E-state index in [0.717, 1.165) is 62.7 Å². The number of rotatable bonds is 3. The minimum absolute atomic E-state index is 0.0230. The molecule has 0 atom stereocenters. The minimum Gasteiger partial charge on any atom is -0.361 e. The summed E-state index contributed by atoms with van der Waals surface area (Å²) in [4.78, 5) is 21.4. The van der Waals surface area contributed by atoms with Crippen LogP contribution in [0.1, 0.15) is 51.7 Å². The first-order valence-electron chi connectivity index (χ1n) is 10.00. The van der Waals surface area contributed by atoms with Gasteiger partial charge in [0.05, 0.1) is 11.3 Å². The van der Waals surface area contributed by atoms with E-state index in [4.69, 9.17) is 4.52 Å². The smallest absolute Gasteiger partial charge is 0.255 e. The molecule has 1 saturated heterocycles. The Balaban J connectivity index is 1.47. The van der Waals surface area contributed by atoms with Gasteiger partial charge in [0.1, 0.15) is 5.76 Å². The molecule has 4 rings (SSSR count). The van der Waals surface area contributed by atoms with E-state index in [2.05, 4.69) is 41.2 Å². The van der Waals surface area contributed by atoms with Crippen LogP contribution in [-0.2, 0) is 19.5 Å². The van der Waals surface area contributed by atoms with Crippen LogP contribution >= 0.6 is 11.3 Å². The summed E-state index contributed by atoms with van der Waals surface area (Å²) >= 11 is 1.73. The highest BCUT2D eigenvalue weighted by molar-refractivity contribution is 7.10. The number of carbonyl (C=O) groups excluding carboxylic acids is 1. The molecular formula is C21H30N4O2S. The van der Waals surface area contributed by atoms with Crippen LogP contribution in [0.4, 0.5) is 0 Å². The lowest BCUT2D eigenvalue weighted by Gasteiger charge is -2.45. The Kier molecular flexibility index (Phi) is 5.10. The molecular weight excluding hydrogens is 372 g/mol. The Labute approximate surface area is 171 Å². The second-order valence-electron chi connectivity index (χ2n) is 8.78. The number of hydrogen-bond acceptors (Lipinski definition) is 6. The van der Waals surface area contributed by atoms with Gasteiger partial charge in [0, 0.05) is 60.6 Å². The van der Waals surface area contributed by atoms with Crippen LogP contribution < -0.4 is 0 Å². The molecule has 0 saturated carbocycles. The van der Waals surface area contributed by atoms with Gasteiger partial charge in [0.25, 0.3) is 5.91 Å². The van der Waals surface area contributed by atoms with Gasteiger partial charge in [0.15, 0.2) is 0 Å². The number of carbonyl (C=O) groups is 1. The van der Waals surface area contributed by atoms with Gasteiger partial charge in [0.2, 0.25) is 0 Å². The summed E-state index contributed by atoms with van der Waals surface area (Å²) in [7, 11) is 2.14. The van der Waals surface area contributed by atoms with Crippen molar-refractivity contribution in [2.24, 2.45) is 0 Å². The van der Waals surface area contributed by atoms with Crippen LogP contribution in [0.3, 0.4) is 0 Å². The lowest BCUT2D eigenvalue weighted by atomic mass is 9.97. The molecule has 0 aliphatic carbocycles. The zero-order chi connectivity index (χ0) is 20.1. The maximum Gasteiger partial charge on any atom is 0.255 e. The Morgan fingerprint density at radius 1 is 1.29 bits per heavy atom. The van der Waals surface area contributed by atoms with Crippen LogP contribution in [0.25, 0.3) is 0 Å². The summed E-state index contributed by atoms with van der Waals surface area (Å²) in [5, 5.41) is 6.15. The fraction of sp³-hybridized carbons (Fsp3) is 0.619. The predicted molar refractivity (Wildman–Crippen MR) is 111 cm³/mol. The zero-order valence-corrected chi connectivity index (χ0v) is 18.4. The van der Waals surface area contributed by atoms with E-state index < -0.39 is 0 Å². The number of nitrogens with zero attached hydrogens (tertiary/aromatic N) is 4. The van der Waals surface area contributed by atoms with Crippen molar-refractivity contribution >= 4 is 17.2 Å². The number of thiophene rings is 1. The SMILES string of the molecule is Cc1noc(C)c1CN1CCc2c(C(=O)N3CCN(C)C(C)(C)C3)csc2C1. The molecule has 0 N–H and O–H groups in total. The summed E-state index contributed by atoms with van der Waals surface area (Å²) in [6.07, 6.45) is 0.931. The number of aryl methyl sites for hydroxylation is 2. The van der Waals surface area contributed by atoms with E-state index in [0.29, 0.717) is 0 Å². The van der Waals surface area contributed by atoms with Gasteiger partial charge >= 0.3 is 0 Å². The molecule has 2 aliphatic rings. The quantitative estimate of drug-likeness (QED) is 0.790. The monoisotopic (exact) mass is 402 g/mol. The maximum absolute atomic E-state index is 13.2. The molecule has 2 aromatic rings. The number of aromatic nitrogens is 1. The van der Waals surface area contributed by atoms with E-state index in [9.17, 15) is 4.79 Å². The third-order valence-electron chi connectivity index (χ3n) is 6.42. The molecule has 0 spiro atoms. The number of fused-ring (bicyclic) bond motifs is 1. The van der Waals surface area contributed by atoms with Crippen molar-refractivity contribution in [2.75, 3.05) is 33.2 Å². The van der Waals surface area contributed by atoms with E-state index in [-0.39, 0.29) is 11.4 Å². The number of hydrogen-bond donors (Lipinski definition) is 0. The Bertz CT molecular complexity index is 866. The molecule has 152 valence electrons. The average molecular weight is 403 g/mol. The summed E-state index contributed by atoms with van der Waals surface area (Å²) in [6.45, 7) is 13.6. The van der Waals surface area contributed by atoms with Gasteiger partial charge < -0.3 is 9.42 Å². The largest absolute Gasteiger partial charge is 0.361 e. The van der Waals surface area contributed by atoms with Gasteiger partial charge in [-0.2, -0.15) is 0 Å². The summed E-state index contributed by atoms with van der Waals surface area (Å²) in [5.74, 6) is 1.11. The molecule has 7 heteroatoms. The van der Waals surface area contributed by atoms with Crippen molar-refractivity contribution in [2.45, 2.75) is 52.7 Å². The molecule has 1 amide bonds. The summed E-state index contributed by atoms with van der Waals surface area (Å²) < 4.78 is 5.31. The van der Waals surface area contributed by atoms with Crippen LogP contribution in [0, 0.1) is 13.8 Å². The summed E-state index contributed by atoms with van der Waals surface area (Å²) in [5.41, 5.74) is 4.38. The van der Waals surface area contributed by atoms with E-state index in [1.54, 1.807) is 11.3 Å². The molecule has 0 aromatic carbocycles. The zero-order valence-electron chi connectivity index (χ0n) is 17.5. The van der Waals surface area contributed by atoms with Crippen LogP contribution in [-0.4, -0.2) is 64.5 Å². The third-order valence-corrected chi connectivity index (χ3v) is 7.44. The van der Waals surface area contributed by atoms with E-state index in [1.165, 1.54) is 16.0 Å². The second kappa shape index (κ2) is 7.28. The Morgan fingerprint density at radius 2 is 2.07 bits per heavy atom. The normalized spacial score (nSPS) is 20.4. The van der Waals surface area contributed by atoms with Crippen molar-refractivity contribution in [3.8, 4) is 0 Å². The van der Waals surface area contributed by atoms with Gasteiger partial charge in [-0.25, -0.2) is 0 Å². The van der Waals surface area contributed by atoms with Crippen molar-refractivity contribution in [1.82, 2.24) is 19.9 Å². The first-order valence-corrected chi connectivity index (χ1v) is 10.9. The molecule has 2 aromatic heterocycles. The highest BCUT2D eigenvalue weighted by Gasteiger charge is 2.35. The molecule has 0 unspecified atom stereocenters. The molecule has 0 bridgehead atoms. The predicted octanol–water partition coefficient (Wildman–Crippen LogP) is 3.08. The number of piperazine rings is 1. The number of likely N-dealkylation sites (N-methyl/N-ethyl adjacent to an activating group) is 1. The van der Waals surface area contributed by atoms with Gasteiger partial charge in [-0.15, -0.1) is 11.3 Å². The van der Waals surface area contributed by atoms with Crippen molar-refractivity contribution < 1.29 is 9.32 Å². The van der Waals surface area contributed by atoms with Crippen LogP contribution in [0.15, 0.2) is 9.90 Å². The molecule has 4 heterocycles. The highest BCUT2D eigenvalue weighted by atomic mass is 32.1. The van der Waals surface area contributed by atoms with Crippen molar-refractivity contribution in [3.63, 3.8) is 0 Å². The van der Waals surface area contributed by atoms with E-state index in [1.807, 2.05) is 18.7 Å². The van der Waals surface area contributed by atoms with E-state index >= 15 is 0 Å². The maximum atomic E-state index is 13.2. The van der Waals surface area contributed by atoms with Crippen LogP contribution in [0.5, 0.6) is 0 Å². The topological polar surface area (TPSA) is 52.8 Å². The summed E-state index contributed by atoms with van der Waals surface area (Å²) in [6, 6.07) is 0. The lowest BCUT2D eigenvalue weighted by molar-refractivity contribution is 0.0310. The second-order valence-corrected chi connectivity index (χ2v) is 9.74. The fourth-order valence-electron chi connectivity index (χ4n) is 4.23. The highest BCUT2D eigenvalue weighted by Crippen LogP contribution is 2.32. The van der Waals surface area contributed by atoms with Crippen molar-refractivity contribution in [3.05, 3.63) is 38.4 Å². The molecule has 6 nitrogen and oxygen atoms in total. The van der Waals surface area contributed by atoms with Gasteiger partial charge in [-0.3, -0.25) is 14.6 Å². The first kappa shape index (κ1) is 19.6. The Hall–Kier alpha value is -1.70. The fourth-order valence-corrected chi connectivity index (χ4v) is 5.35. The standard InChI is InChI=1S/C21H30N4O2S/c1-14-17(15(2)27-22-14)10-24-7-6-16-18(12-28-19(16)11-24)20(26)25-9-8-23(5)21(3,4)13-25/h12H,6-11,13H2,1-5H3. The van der Waals surface area contributed by atoms with Crippen LogP contribution in [0.2, 0.25) is 0 Å². The lowest BCUT2D eigenvalue weighted by Crippen LogP contribution is -2.58. The molecule has 1 fully saturated rings. The Morgan fingerprint density at radius 3 is 2.75 bits per heavy atom. The van der Waals surface area contributed by atoms with Crippen molar-refractivity contribution in [1.29, 1.82) is 0 Å². The minimum atomic E-state index is 0.0230. The molecule has 28 heavy (non-hydrogen) atoms. The van der Waals surface area contributed by atoms with Gasteiger partial charge in [-0.05, 0) is 46.7 Å². The molecule has 2 aliphatic heterocycles.